The number of Topliss-reactive ketones (excluding diaryl/α,β-unsaturated/α-hetero) is 1. The normalized spacial score (nSPS) is 13.4. The van der Waals surface area contributed by atoms with Crippen LogP contribution in [-0.2, 0) is 26.2 Å². The van der Waals surface area contributed by atoms with Crippen LogP contribution >= 0.6 is 34.5 Å². The first kappa shape index (κ1) is 44.9. The Kier molecular flexibility index (Phi) is 16.7. The van der Waals surface area contributed by atoms with Gasteiger partial charge in [-0.2, -0.15) is 0 Å². The van der Waals surface area contributed by atoms with Gasteiger partial charge in [0.15, 0.2) is 5.01 Å². The van der Waals surface area contributed by atoms with Crippen LogP contribution in [0.4, 0.5) is 4.79 Å². The number of aryl methyl sites for hydroxylation is 1. The zero-order chi connectivity index (χ0) is 41.0. The highest BCUT2D eigenvalue weighted by atomic mass is 35.5. The number of nitrogens with one attached hydrogen (secondary N) is 5. The Morgan fingerprint density at radius 3 is 2.29 bits per heavy atom. The van der Waals surface area contributed by atoms with Crippen molar-refractivity contribution in [3.63, 3.8) is 0 Å². The Hall–Kier alpha value is -4.45. The summed E-state index contributed by atoms with van der Waals surface area (Å²) in [6, 6.07) is 2.86. The molecule has 0 aliphatic heterocycles. The third kappa shape index (κ3) is 13.1. The fourth-order valence-electron chi connectivity index (χ4n) is 5.55. The lowest BCUT2D eigenvalue weighted by Crippen LogP contribution is -2.56. The summed E-state index contributed by atoms with van der Waals surface area (Å²) in [4.78, 5) is 61.0. The summed E-state index contributed by atoms with van der Waals surface area (Å²) in [6.45, 7) is 10.5. The molecule has 0 saturated carbocycles. The minimum atomic E-state index is -4.09. The first-order valence-electron chi connectivity index (χ1n) is 17.3. The van der Waals surface area contributed by atoms with Gasteiger partial charge in [-0.15, -0.1) is 11.3 Å². The minimum Gasteiger partial charge on any atom is -0.496 e. The summed E-state index contributed by atoms with van der Waals surface area (Å²) in [6.07, 6.45) is 2.07. The average molecular weight is 840 g/mol. The molecule has 19 heteroatoms. The number of aromatic nitrogens is 1. The number of guanidine groups is 1. The molecule has 0 saturated heterocycles. The van der Waals surface area contributed by atoms with Crippen LogP contribution in [0.1, 0.15) is 72.1 Å². The Balaban J connectivity index is 1.63. The summed E-state index contributed by atoms with van der Waals surface area (Å²) in [5.74, 6) is -1.45. The molecule has 0 unspecified atom stereocenters. The van der Waals surface area contributed by atoms with Crippen molar-refractivity contribution in [2.24, 2.45) is 16.6 Å². The first-order chi connectivity index (χ1) is 25.8. The molecular formula is C36H48Cl2N8O7S2. The minimum absolute atomic E-state index is 0.0161. The van der Waals surface area contributed by atoms with E-state index in [0.29, 0.717) is 38.0 Å². The third-order valence-electron chi connectivity index (χ3n) is 8.43. The van der Waals surface area contributed by atoms with Crippen LogP contribution in [0.3, 0.4) is 0 Å². The first-order valence-corrected chi connectivity index (χ1v) is 20.5. The van der Waals surface area contributed by atoms with E-state index < -0.39 is 51.8 Å². The van der Waals surface area contributed by atoms with Crippen molar-refractivity contribution in [2.75, 3.05) is 13.7 Å². The smallest absolute Gasteiger partial charge is 0.315 e. The van der Waals surface area contributed by atoms with Gasteiger partial charge in [0, 0.05) is 24.7 Å². The SMILES string of the molecule is COc1cc(C)c(S(=O)(=O)NC(N)=NCCC[C@H](NC(=O)[C@H](C)NC(=O)[C@H](CC(C)C)NC(=O)NCc2ccc(Cl)c(Cl)c2)C(=O)c2nccs2)c(C)c1C. The van der Waals surface area contributed by atoms with Crippen LogP contribution in [-0.4, -0.2) is 74.8 Å². The molecule has 4 amide bonds. The van der Waals surface area contributed by atoms with Gasteiger partial charge in [0.05, 0.1) is 28.1 Å². The van der Waals surface area contributed by atoms with Gasteiger partial charge < -0.3 is 31.7 Å². The van der Waals surface area contributed by atoms with Crippen molar-refractivity contribution in [3.8, 4) is 5.75 Å². The topological polar surface area (TPSA) is 223 Å². The Labute approximate surface area is 335 Å². The highest BCUT2D eigenvalue weighted by molar-refractivity contribution is 7.90. The maximum Gasteiger partial charge on any atom is 0.315 e. The highest BCUT2D eigenvalue weighted by Gasteiger charge is 2.29. The van der Waals surface area contributed by atoms with E-state index in [9.17, 15) is 27.6 Å². The van der Waals surface area contributed by atoms with Gasteiger partial charge in [0.1, 0.15) is 17.8 Å². The van der Waals surface area contributed by atoms with E-state index in [1.165, 1.54) is 20.2 Å². The van der Waals surface area contributed by atoms with Crippen LogP contribution < -0.4 is 36.5 Å². The maximum atomic E-state index is 13.4. The van der Waals surface area contributed by atoms with E-state index in [4.69, 9.17) is 33.7 Å². The van der Waals surface area contributed by atoms with Crippen LogP contribution in [0.15, 0.2) is 45.7 Å². The summed E-state index contributed by atoms with van der Waals surface area (Å²) >= 11 is 13.1. The number of carbonyl (C=O) groups excluding carboxylic acids is 4. The predicted molar refractivity (Wildman–Crippen MR) is 214 cm³/mol. The van der Waals surface area contributed by atoms with Gasteiger partial charge in [-0.1, -0.05) is 43.1 Å². The molecule has 300 valence electrons. The fourth-order valence-corrected chi connectivity index (χ4v) is 7.98. The molecule has 1 aromatic heterocycles. The lowest BCUT2D eigenvalue weighted by Gasteiger charge is -2.24. The van der Waals surface area contributed by atoms with Crippen molar-refractivity contribution in [1.29, 1.82) is 0 Å². The quantitative estimate of drug-likeness (QED) is 0.0457. The number of sulfonamides is 1. The van der Waals surface area contributed by atoms with Gasteiger partial charge >= 0.3 is 6.03 Å². The van der Waals surface area contributed by atoms with E-state index in [2.05, 4.69) is 36.0 Å². The summed E-state index contributed by atoms with van der Waals surface area (Å²) < 4.78 is 34.1. The second-order valence-corrected chi connectivity index (χ2v) is 16.6. The van der Waals surface area contributed by atoms with Crippen molar-refractivity contribution >= 4 is 74.2 Å². The second kappa shape index (κ2) is 20.5. The number of ketones is 1. The van der Waals surface area contributed by atoms with Crippen molar-refractivity contribution in [3.05, 3.63) is 73.1 Å². The standard InChI is InChI=1S/C36H48Cl2N8O7S2/c1-19(2)15-28(45-36(50)42-18-24-10-11-25(37)26(38)17-24)33(49)43-23(6)32(48)44-27(30(47)34-40-13-14-54-34)9-8-12-41-35(39)46-55(51,52)31-20(3)16-29(53-7)21(4)22(31)5/h10-11,13-14,16-17,19,23,27-28H,8-9,12,15,18H2,1-7H3,(H,43,49)(H,44,48)(H3,39,41,46)(H2,42,45,50)/t23-,27-,28-/m0/s1. The van der Waals surface area contributed by atoms with Crippen LogP contribution in [0, 0.1) is 26.7 Å². The second-order valence-electron chi connectivity index (χ2n) is 13.2. The number of methoxy groups -OCH3 is 1. The number of nitrogens with two attached hydrogens (primary N) is 1. The third-order valence-corrected chi connectivity index (χ3v) is 11.6. The molecule has 55 heavy (non-hydrogen) atoms. The molecule has 0 aliphatic rings. The lowest BCUT2D eigenvalue weighted by atomic mass is 10.0. The number of halogens is 2. The fraction of sp³-hybridized carbons (Fsp3) is 0.444. The number of carbonyl (C=O) groups is 4. The van der Waals surface area contributed by atoms with Gasteiger partial charge in [-0.3, -0.25) is 19.4 Å². The number of thiazole rings is 1. The van der Waals surface area contributed by atoms with Gasteiger partial charge in [-0.05, 0) is 93.3 Å². The maximum absolute atomic E-state index is 13.4. The number of hydrogen-bond acceptors (Lipinski definition) is 10. The van der Waals surface area contributed by atoms with Gasteiger partial charge in [0.25, 0.3) is 10.0 Å². The van der Waals surface area contributed by atoms with E-state index >= 15 is 0 Å². The van der Waals surface area contributed by atoms with E-state index in [1.807, 2.05) is 13.8 Å². The zero-order valence-corrected chi connectivity index (χ0v) is 34.9. The number of benzene rings is 2. The molecule has 0 bridgehead atoms. The predicted octanol–water partition coefficient (Wildman–Crippen LogP) is 4.54. The van der Waals surface area contributed by atoms with Crippen molar-refractivity contribution in [2.45, 2.75) is 90.4 Å². The van der Waals surface area contributed by atoms with Gasteiger partial charge in [0.2, 0.25) is 23.6 Å². The van der Waals surface area contributed by atoms with Crippen molar-refractivity contribution < 1.29 is 32.3 Å². The van der Waals surface area contributed by atoms with Crippen LogP contribution in [0.25, 0.3) is 0 Å². The molecule has 3 aromatic rings. The van der Waals surface area contributed by atoms with E-state index in [0.717, 1.165) is 11.3 Å². The molecular weight excluding hydrogens is 791 g/mol. The molecule has 0 fully saturated rings. The molecule has 0 radical (unpaired) electrons. The summed E-state index contributed by atoms with van der Waals surface area (Å²) in [5.41, 5.74) is 8.31. The molecule has 1 heterocycles. The average Bonchev–Trinajstić information content (AvgIpc) is 3.65. The summed E-state index contributed by atoms with van der Waals surface area (Å²) in [5, 5.41) is 13.2. The lowest BCUT2D eigenvalue weighted by molar-refractivity contribution is -0.130. The van der Waals surface area contributed by atoms with Crippen LogP contribution in [0.5, 0.6) is 5.75 Å². The van der Waals surface area contributed by atoms with Crippen molar-refractivity contribution in [1.82, 2.24) is 31.0 Å². The molecule has 2 aromatic carbocycles. The Bertz CT molecular complexity index is 1990. The number of aliphatic imine (C=N–C) groups is 1. The van der Waals surface area contributed by atoms with Crippen LogP contribution in [0.2, 0.25) is 10.0 Å². The number of hydrogen-bond donors (Lipinski definition) is 6. The zero-order valence-electron chi connectivity index (χ0n) is 31.7. The van der Waals surface area contributed by atoms with E-state index in [-0.39, 0.29) is 54.1 Å². The number of ether oxygens (including phenoxy) is 1. The molecule has 0 spiro atoms. The number of nitrogens with zero attached hydrogens (tertiary/aromatic N) is 2. The Morgan fingerprint density at radius 2 is 1.67 bits per heavy atom. The highest BCUT2D eigenvalue weighted by Crippen LogP contribution is 2.30. The summed E-state index contributed by atoms with van der Waals surface area (Å²) in [7, 11) is -2.58. The number of amides is 4. The molecule has 7 N–H and O–H groups in total. The monoisotopic (exact) mass is 838 g/mol. The van der Waals surface area contributed by atoms with Gasteiger partial charge in [-0.25, -0.2) is 22.9 Å². The molecule has 0 aliphatic carbocycles. The molecule has 3 atom stereocenters. The Morgan fingerprint density at radius 1 is 0.964 bits per heavy atom. The number of rotatable bonds is 18. The largest absolute Gasteiger partial charge is 0.496 e. The molecule has 3 rings (SSSR count). The van der Waals surface area contributed by atoms with E-state index in [1.54, 1.807) is 50.4 Å². The molecule has 15 nitrogen and oxygen atoms in total. The number of urea groups is 1.